The van der Waals surface area contributed by atoms with Gasteiger partial charge in [0.05, 0.1) is 24.8 Å². The van der Waals surface area contributed by atoms with Gasteiger partial charge in [0.15, 0.2) is 5.75 Å². The van der Waals surface area contributed by atoms with Crippen LogP contribution in [0.4, 0.5) is 4.79 Å². The second-order valence-electron chi connectivity index (χ2n) is 15.9. The van der Waals surface area contributed by atoms with E-state index in [9.17, 15) is 14.4 Å². The zero-order valence-electron chi connectivity index (χ0n) is 29.0. The Morgan fingerprint density at radius 2 is 1.74 bits per heavy atom. The van der Waals surface area contributed by atoms with Crippen molar-refractivity contribution in [3.05, 3.63) is 33.7 Å². The Morgan fingerprint density at radius 3 is 2.36 bits per heavy atom. The Morgan fingerprint density at radius 1 is 1.06 bits per heavy atom. The third kappa shape index (κ3) is 7.34. The molecular weight excluding hydrogens is 607 g/mol. The molecule has 2 aliphatic heterocycles. The summed E-state index contributed by atoms with van der Waals surface area (Å²) >= 11 is 0. The fourth-order valence-corrected chi connectivity index (χ4v) is 7.33. The van der Waals surface area contributed by atoms with E-state index < -0.39 is 36.5 Å². The number of carbonyl (C=O) groups excluding carboxylic acids is 3. The molecule has 0 aromatic heterocycles. The molecule has 47 heavy (non-hydrogen) atoms. The molecule has 0 N–H and O–H groups in total. The van der Waals surface area contributed by atoms with E-state index in [1.165, 1.54) is 4.90 Å². The van der Waals surface area contributed by atoms with Gasteiger partial charge in [0.25, 0.3) is 0 Å². The molecule has 4 atom stereocenters. The molecule has 1 aromatic rings. The van der Waals surface area contributed by atoms with E-state index >= 15 is 0 Å². The second kappa shape index (κ2) is 12.5. The summed E-state index contributed by atoms with van der Waals surface area (Å²) in [4.78, 5) is 43.2. The number of aryl methyl sites for hydroxylation is 1. The van der Waals surface area contributed by atoms with Gasteiger partial charge in [0.1, 0.15) is 35.2 Å². The third-order valence-electron chi connectivity index (χ3n) is 9.79. The lowest BCUT2D eigenvalue weighted by atomic mass is 9.43. The molecule has 5 fully saturated rings. The molecule has 2 bridgehead atoms. The molecule has 256 valence electrons. The number of hydrogen-bond donors (Lipinski definition) is 0. The van der Waals surface area contributed by atoms with Crippen LogP contribution in [0.15, 0.2) is 17.2 Å². The molecule has 5 aliphatic rings. The van der Waals surface area contributed by atoms with Gasteiger partial charge in [0, 0.05) is 4.91 Å². The van der Waals surface area contributed by atoms with Crippen LogP contribution >= 0.6 is 0 Å². The van der Waals surface area contributed by atoms with Crippen LogP contribution in [0.5, 0.6) is 11.5 Å². The average molecular weight is 655 g/mol. The van der Waals surface area contributed by atoms with Crippen molar-refractivity contribution in [3.8, 4) is 11.5 Å². The molecule has 2 saturated heterocycles. The molecule has 3 aliphatic carbocycles. The summed E-state index contributed by atoms with van der Waals surface area (Å²) in [5.41, 5.74) is 7.16. The molecule has 0 spiro atoms. The lowest BCUT2D eigenvalue weighted by Gasteiger charge is -2.64. The number of carbonyl (C=O) groups is 3. The summed E-state index contributed by atoms with van der Waals surface area (Å²) < 4.78 is 36.3. The highest BCUT2D eigenvalue weighted by Gasteiger charge is 2.67. The molecule has 0 unspecified atom stereocenters. The van der Waals surface area contributed by atoms with Crippen LogP contribution in [-0.4, -0.2) is 78.7 Å². The molecule has 1 amide bonds. The van der Waals surface area contributed by atoms with Crippen molar-refractivity contribution in [2.24, 2.45) is 22.4 Å². The van der Waals surface area contributed by atoms with Gasteiger partial charge in [0.2, 0.25) is 5.91 Å². The number of benzene rings is 1. The predicted molar refractivity (Wildman–Crippen MR) is 172 cm³/mol. The van der Waals surface area contributed by atoms with Gasteiger partial charge in [-0.25, -0.2) is 9.59 Å². The minimum Gasteiger partial charge on any atom is -0.486 e. The van der Waals surface area contributed by atoms with Crippen LogP contribution < -0.4 is 9.47 Å². The van der Waals surface area contributed by atoms with Crippen LogP contribution in [0.2, 0.25) is 6.32 Å². The van der Waals surface area contributed by atoms with Crippen LogP contribution in [0, 0.1) is 17.3 Å². The average Bonchev–Trinajstić information content (AvgIpc) is 3.26. The summed E-state index contributed by atoms with van der Waals surface area (Å²) in [6.45, 7) is 17.3. The van der Waals surface area contributed by atoms with Gasteiger partial charge in [-0.2, -0.15) is 0 Å². The molecule has 1 aromatic carbocycles. The maximum Gasteiger partial charge on any atom is 0.514 e. The first-order valence-electron chi connectivity index (χ1n) is 16.4. The van der Waals surface area contributed by atoms with E-state index in [0.29, 0.717) is 30.1 Å². The van der Waals surface area contributed by atoms with Gasteiger partial charge in [-0.05, 0) is 108 Å². The molecule has 13 nitrogen and oxygen atoms in total. The summed E-state index contributed by atoms with van der Waals surface area (Å²) in [7, 11) is -0.459. The van der Waals surface area contributed by atoms with Crippen LogP contribution in [0.3, 0.4) is 0 Å². The lowest BCUT2D eigenvalue weighted by Crippen LogP contribution is -2.65. The van der Waals surface area contributed by atoms with Gasteiger partial charge in [-0.1, -0.05) is 25.0 Å². The maximum atomic E-state index is 13.8. The zero-order valence-corrected chi connectivity index (χ0v) is 29.0. The zero-order chi connectivity index (χ0) is 34.5. The van der Waals surface area contributed by atoms with E-state index in [1.807, 2.05) is 0 Å². The third-order valence-corrected chi connectivity index (χ3v) is 9.79. The smallest absolute Gasteiger partial charge is 0.486 e. The summed E-state index contributed by atoms with van der Waals surface area (Å²) in [6, 6.07) is 3.39. The topological polar surface area (TPSA) is 159 Å². The van der Waals surface area contributed by atoms with E-state index in [2.05, 4.69) is 30.8 Å². The van der Waals surface area contributed by atoms with Crippen molar-refractivity contribution in [2.75, 3.05) is 19.6 Å². The monoisotopic (exact) mass is 654 g/mol. The van der Waals surface area contributed by atoms with Gasteiger partial charge in [-0.15, -0.1) is 0 Å². The Labute approximate surface area is 276 Å². The fraction of sp³-hybridized carbons (Fsp3) is 0.727. The number of azide groups is 1. The first-order valence-corrected chi connectivity index (χ1v) is 16.4. The van der Waals surface area contributed by atoms with E-state index in [-0.39, 0.29) is 59.7 Å². The second-order valence-corrected chi connectivity index (χ2v) is 15.9. The number of esters is 1. The van der Waals surface area contributed by atoms with Crippen molar-refractivity contribution >= 4 is 25.2 Å². The number of likely N-dealkylation sites (tertiary alicyclic amines) is 1. The molecule has 6 rings (SSSR count). The Kier molecular flexibility index (Phi) is 9.28. The molecule has 14 heteroatoms. The standard InChI is InChI=1S/C33H47BN4O9/c1-30(2,3)44-28(40)26-22(42-21-17-38(18-21)25(39)16-36-37-35)11-10-19(27(26)43-29(41)45-31(4,5)6)12-13-34-46-24-15-20-14-23(32(20,7)8)33(24,9)47-34/h10-11,20-21,23-24H,12-18H2,1-9H3/t20-,23-,24+,33-/m0/s1. The quantitative estimate of drug-likeness (QED) is 0.0763. The van der Waals surface area contributed by atoms with Crippen molar-refractivity contribution in [3.63, 3.8) is 0 Å². The minimum absolute atomic E-state index is 0.0216. The largest absolute Gasteiger partial charge is 0.514 e. The van der Waals surface area contributed by atoms with Crippen molar-refractivity contribution in [1.29, 1.82) is 0 Å². The number of amides is 1. The number of rotatable bonds is 9. The molecular formula is C33H47BN4O9. The Balaban J connectivity index is 1.41. The van der Waals surface area contributed by atoms with E-state index in [4.69, 9.17) is 33.8 Å². The summed E-state index contributed by atoms with van der Waals surface area (Å²) in [5, 5.41) is 3.32. The number of nitrogens with zero attached hydrogens (tertiary/aromatic N) is 4. The first kappa shape index (κ1) is 34.8. The van der Waals surface area contributed by atoms with Crippen LogP contribution in [-0.2, 0) is 30.0 Å². The van der Waals surface area contributed by atoms with Crippen molar-refractivity contribution < 1.29 is 42.6 Å². The highest BCUT2D eigenvalue weighted by Crippen LogP contribution is 2.65. The van der Waals surface area contributed by atoms with E-state index in [0.717, 1.165) is 12.8 Å². The number of hydrogen-bond acceptors (Lipinski definition) is 10. The molecule has 2 heterocycles. The maximum absolute atomic E-state index is 13.8. The summed E-state index contributed by atoms with van der Waals surface area (Å²) in [6.07, 6.45) is 1.53. The van der Waals surface area contributed by atoms with Gasteiger partial charge >= 0.3 is 19.2 Å². The van der Waals surface area contributed by atoms with Crippen molar-refractivity contribution in [2.45, 2.75) is 117 Å². The Bertz CT molecular complexity index is 1460. The molecule has 3 saturated carbocycles. The highest BCUT2D eigenvalue weighted by molar-refractivity contribution is 6.45. The van der Waals surface area contributed by atoms with Crippen LogP contribution in [0.1, 0.15) is 91.1 Å². The van der Waals surface area contributed by atoms with Gasteiger partial charge < -0.3 is 33.2 Å². The van der Waals surface area contributed by atoms with Crippen LogP contribution in [0.25, 0.3) is 10.4 Å². The van der Waals surface area contributed by atoms with Gasteiger partial charge in [-0.3, -0.25) is 4.79 Å². The number of ether oxygens (including phenoxy) is 4. The fourth-order valence-electron chi connectivity index (χ4n) is 7.33. The highest BCUT2D eigenvalue weighted by atomic mass is 16.7. The minimum atomic E-state index is -0.979. The van der Waals surface area contributed by atoms with E-state index in [1.54, 1.807) is 53.7 Å². The predicted octanol–water partition coefficient (Wildman–Crippen LogP) is 6.13. The molecule has 0 radical (unpaired) electrons. The first-order chi connectivity index (χ1) is 21.8. The lowest BCUT2D eigenvalue weighted by molar-refractivity contribution is -0.199. The Hall–Kier alpha value is -3.48. The summed E-state index contributed by atoms with van der Waals surface area (Å²) in [5.74, 6) is 0.0937. The normalized spacial score (nSPS) is 26.3. The van der Waals surface area contributed by atoms with Crippen molar-refractivity contribution in [1.82, 2.24) is 4.90 Å². The SMILES string of the molecule is CC(C)(C)OC(=O)Oc1c(CCB2O[C@@H]3C[C@@H]4C[C@@H](C4(C)C)[C@]3(C)O2)ccc(OC2CN(C(=O)CN=[N+]=[N-])C2)c1C(=O)OC(C)(C)C.